The Balaban J connectivity index is 1.69. The first-order chi connectivity index (χ1) is 13.5. The second-order valence-electron chi connectivity index (χ2n) is 6.62. The van der Waals surface area contributed by atoms with Crippen LogP contribution in [0.1, 0.15) is 10.5 Å². The van der Waals surface area contributed by atoms with E-state index in [1.807, 2.05) is 6.07 Å². The molecule has 1 unspecified atom stereocenters. The maximum Gasteiger partial charge on any atom is 0.272 e. The standard InChI is InChI=1S/C18H23N5O5/c1-27-9-16(24)20-10-18(26)11-23(5-6-28-12-18)17(25)15-7-14(21-22-15)13-3-2-4-19-8-13/h2-4,7-8,26H,5-6,9-12H2,1H3,(H,20,24)(H,21,22). The highest BCUT2D eigenvalue weighted by Crippen LogP contribution is 2.19. The molecule has 0 radical (unpaired) electrons. The van der Waals surface area contributed by atoms with Crippen LogP contribution >= 0.6 is 0 Å². The van der Waals surface area contributed by atoms with E-state index in [1.54, 1.807) is 24.5 Å². The monoisotopic (exact) mass is 389 g/mol. The molecule has 0 aromatic carbocycles. The lowest BCUT2D eigenvalue weighted by atomic mass is 10.0. The third kappa shape index (κ3) is 4.91. The van der Waals surface area contributed by atoms with E-state index in [0.717, 1.165) is 5.56 Å². The lowest BCUT2D eigenvalue weighted by Crippen LogP contribution is -2.53. The van der Waals surface area contributed by atoms with Gasteiger partial charge in [0.1, 0.15) is 17.9 Å². The minimum atomic E-state index is -1.40. The molecule has 1 fully saturated rings. The van der Waals surface area contributed by atoms with E-state index in [2.05, 4.69) is 20.5 Å². The number of carbonyl (C=O) groups excluding carboxylic acids is 2. The highest BCUT2D eigenvalue weighted by molar-refractivity contribution is 5.93. The second kappa shape index (κ2) is 8.91. The van der Waals surface area contributed by atoms with Gasteiger partial charge in [0.15, 0.2) is 0 Å². The van der Waals surface area contributed by atoms with Crippen LogP contribution in [-0.4, -0.2) is 89.2 Å². The Bertz CT molecular complexity index is 812. The zero-order valence-corrected chi connectivity index (χ0v) is 15.6. The van der Waals surface area contributed by atoms with Crippen molar-refractivity contribution in [1.29, 1.82) is 0 Å². The quantitative estimate of drug-likeness (QED) is 0.604. The van der Waals surface area contributed by atoms with Gasteiger partial charge in [-0.25, -0.2) is 0 Å². The van der Waals surface area contributed by atoms with Crippen LogP contribution in [0.15, 0.2) is 30.6 Å². The van der Waals surface area contributed by atoms with Gasteiger partial charge >= 0.3 is 0 Å². The summed E-state index contributed by atoms with van der Waals surface area (Å²) >= 11 is 0. The van der Waals surface area contributed by atoms with Crippen LogP contribution in [0.4, 0.5) is 0 Å². The van der Waals surface area contributed by atoms with Gasteiger partial charge in [-0.3, -0.25) is 19.7 Å². The van der Waals surface area contributed by atoms with Crippen molar-refractivity contribution in [3.05, 3.63) is 36.3 Å². The fraction of sp³-hybridized carbons (Fsp3) is 0.444. The zero-order valence-electron chi connectivity index (χ0n) is 15.6. The van der Waals surface area contributed by atoms with Gasteiger partial charge in [0, 0.05) is 31.6 Å². The van der Waals surface area contributed by atoms with E-state index in [4.69, 9.17) is 9.47 Å². The number of nitrogens with zero attached hydrogens (tertiary/aromatic N) is 3. The predicted molar refractivity (Wildman–Crippen MR) is 98.4 cm³/mol. The Morgan fingerprint density at radius 2 is 2.36 bits per heavy atom. The average Bonchev–Trinajstić information content (AvgIpc) is 3.11. The minimum absolute atomic E-state index is 0.00789. The number of H-pyrrole nitrogens is 1. The number of pyridine rings is 1. The van der Waals surface area contributed by atoms with Crippen molar-refractivity contribution in [2.45, 2.75) is 5.60 Å². The zero-order chi connectivity index (χ0) is 20.0. The molecule has 0 bridgehead atoms. The van der Waals surface area contributed by atoms with Crippen molar-refractivity contribution < 1.29 is 24.2 Å². The number of carbonyl (C=O) groups is 2. The molecule has 150 valence electrons. The van der Waals surface area contributed by atoms with Gasteiger partial charge < -0.3 is 24.8 Å². The van der Waals surface area contributed by atoms with E-state index in [1.165, 1.54) is 12.0 Å². The Morgan fingerprint density at radius 3 is 3.11 bits per heavy atom. The van der Waals surface area contributed by atoms with Gasteiger partial charge in [-0.15, -0.1) is 0 Å². The number of aliphatic hydroxyl groups is 1. The molecule has 3 N–H and O–H groups in total. The summed E-state index contributed by atoms with van der Waals surface area (Å²) in [4.78, 5) is 30.0. The average molecular weight is 389 g/mol. The molecule has 3 heterocycles. The first-order valence-corrected chi connectivity index (χ1v) is 8.81. The summed E-state index contributed by atoms with van der Waals surface area (Å²) in [5, 5.41) is 20.3. The van der Waals surface area contributed by atoms with Crippen LogP contribution < -0.4 is 5.32 Å². The predicted octanol–water partition coefficient (Wildman–Crippen LogP) is -0.562. The molecule has 1 aliphatic heterocycles. The number of hydrogen-bond acceptors (Lipinski definition) is 7. The molecular formula is C18H23N5O5. The van der Waals surface area contributed by atoms with Crippen LogP contribution in [0.25, 0.3) is 11.3 Å². The van der Waals surface area contributed by atoms with Crippen molar-refractivity contribution in [2.75, 3.05) is 46.6 Å². The summed E-state index contributed by atoms with van der Waals surface area (Å²) in [5.74, 6) is -0.664. The number of rotatable bonds is 6. The molecule has 10 nitrogen and oxygen atoms in total. The van der Waals surface area contributed by atoms with Gasteiger partial charge in [0.2, 0.25) is 5.91 Å². The minimum Gasteiger partial charge on any atom is -0.384 e. The van der Waals surface area contributed by atoms with Crippen LogP contribution in [0, 0.1) is 0 Å². The van der Waals surface area contributed by atoms with Crippen molar-refractivity contribution >= 4 is 11.8 Å². The van der Waals surface area contributed by atoms with Crippen LogP contribution in [0.3, 0.4) is 0 Å². The van der Waals surface area contributed by atoms with E-state index < -0.39 is 5.60 Å². The van der Waals surface area contributed by atoms with Gasteiger partial charge in [-0.1, -0.05) is 0 Å². The van der Waals surface area contributed by atoms with Gasteiger partial charge in [-0.05, 0) is 18.2 Å². The molecule has 28 heavy (non-hydrogen) atoms. The van der Waals surface area contributed by atoms with Gasteiger partial charge in [0.25, 0.3) is 5.91 Å². The summed E-state index contributed by atoms with van der Waals surface area (Å²) in [6, 6.07) is 5.28. The molecule has 1 aliphatic rings. The summed E-state index contributed by atoms with van der Waals surface area (Å²) < 4.78 is 10.2. The molecule has 0 saturated carbocycles. The first-order valence-electron chi connectivity index (χ1n) is 8.81. The Kier molecular flexibility index (Phi) is 6.34. The highest BCUT2D eigenvalue weighted by Gasteiger charge is 2.35. The summed E-state index contributed by atoms with van der Waals surface area (Å²) in [6.07, 6.45) is 3.32. The van der Waals surface area contributed by atoms with Gasteiger partial charge in [-0.2, -0.15) is 5.10 Å². The smallest absolute Gasteiger partial charge is 0.272 e. The number of nitrogens with one attached hydrogen (secondary N) is 2. The fourth-order valence-electron chi connectivity index (χ4n) is 2.91. The summed E-state index contributed by atoms with van der Waals surface area (Å²) in [6.45, 7) is 0.458. The summed E-state index contributed by atoms with van der Waals surface area (Å²) in [5.41, 5.74) is 0.285. The molecule has 0 aliphatic carbocycles. The molecular weight excluding hydrogens is 366 g/mol. The molecule has 2 aromatic rings. The normalized spacial score (nSPS) is 19.9. The van der Waals surface area contributed by atoms with E-state index >= 15 is 0 Å². The maximum absolute atomic E-state index is 12.9. The van der Waals surface area contributed by atoms with Gasteiger partial charge in [0.05, 0.1) is 32.0 Å². The SMILES string of the molecule is COCC(=O)NCC1(O)COCCN(C(=O)c2cc(-c3cccnc3)n[nH]2)C1. The lowest BCUT2D eigenvalue weighted by molar-refractivity contribution is -0.126. The molecule has 10 heteroatoms. The van der Waals surface area contributed by atoms with E-state index in [-0.39, 0.29) is 44.7 Å². The summed E-state index contributed by atoms with van der Waals surface area (Å²) in [7, 11) is 1.41. The van der Waals surface area contributed by atoms with Crippen LogP contribution in [0.5, 0.6) is 0 Å². The molecule has 1 atom stereocenters. The maximum atomic E-state index is 12.9. The molecule has 0 spiro atoms. The largest absolute Gasteiger partial charge is 0.384 e. The molecule has 2 amide bonds. The van der Waals surface area contributed by atoms with Crippen molar-refractivity contribution in [1.82, 2.24) is 25.4 Å². The van der Waals surface area contributed by atoms with E-state index in [0.29, 0.717) is 17.9 Å². The number of β-amino-alcohol motifs (C(OH)–C–C–N with tert-alkyl or cyclic N) is 1. The first kappa shape index (κ1) is 19.9. The van der Waals surface area contributed by atoms with Crippen molar-refractivity contribution in [2.24, 2.45) is 0 Å². The van der Waals surface area contributed by atoms with E-state index in [9.17, 15) is 14.7 Å². The van der Waals surface area contributed by atoms with Crippen LogP contribution in [0.2, 0.25) is 0 Å². The number of methoxy groups -OCH3 is 1. The Morgan fingerprint density at radius 1 is 1.50 bits per heavy atom. The fourth-order valence-corrected chi connectivity index (χ4v) is 2.91. The number of amides is 2. The Hall–Kier alpha value is -2.82. The Labute approximate surface area is 161 Å². The molecule has 2 aromatic heterocycles. The number of ether oxygens (including phenoxy) is 2. The van der Waals surface area contributed by atoms with Crippen molar-refractivity contribution in [3.63, 3.8) is 0 Å². The van der Waals surface area contributed by atoms with Crippen molar-refractivity contribution in [3.8, 4) is 11.3 Å². The second-order valence-corrected chi connectivity index (χ2v) is 6.62. The highest BCUT2D eigenvalue weighted by atomic mass is 16.5. The lowest BCUT2D eigenvalue weighted by Gasteiger charge is -2.30. The molecule has 1 saturated heterocycles. The number of hydrogen-bond donors (Lipinski definition) is 3. The topological polar surface area (TPSA) is 130 Å². The third-order valence-corrected chi connectivity index (χ3v) is 4.30. The molecule has 3 rings (SSSR count). The number of aromatic amines is 1. The third-order valence-electron chi connectivity index (χ3n) is 4.30. The van der Waals surface area contributed by atoms with Crippen LogP contribution in [-0.2, 0) is 14.3 Å². The number of aromatic nitrogens is 3.